The van der Waals surface area contributed by atoms with Gasteiger partial charge in [0.05, 0.1) is 11.9 Å². The van der Waals surface area contributed by atoms with E-state index in [1.807, 2.05) is 0 Å². The van der Waals surface area contributed by atoms with Gasteiger partial charge in [0.25, 0.3) is 0 Å². The van der Waals surface area contributed by atoms with E-state index in [9.17, 15) is 25.0 Å². The van der Waals surface area contributed by atoms with Crippen LogP contribution in [0, 0.1) is 4.91 Å². The molecule has 1 aliphatic rings. The Morgan fingerprint density at radius 2 is 2.00 bits per heavy atom. The van der Waals surface area contributed by atoms with Gasteiger partial charge in [0.1, 0.15) is 24.4 Å². The van der Waals surface area contributed by atoms with Crippen molar-refractivity contribution in [3.05, 3.63) is 4.91 Å². The molecule has 1 fully saturated rings. The highest BCUT2D eigenvalue weighted by Gasteiger charge is 2.44. The molecule has 10 heteroatoms. The molecule has 0 spiro atoms. The molecule has 1 rings (SSSR count). The fourth-order valence-electron chi connectivity index (χ4n) is 1.53. The Hall–Kier alpha value is -1.33. The first-order valence-corrected chi connectivity index (χ1v) is 5.10. The van der Waals surface area contributed by atoms with Gasteiger partial charge in [-0.15, -0.1) is 4.91 Å². The van der Waals surface area contributed by atoms with Crippen LogP contribution in [-0.4, -0.2) is 75.8 Å². The Morgan fingerprint density at radius 3 is 2.50 bits per heavy atom. The van der Waals surface area contributed by atoms with Crippen molar-refractivity contribution >= 4 is 6.03 Å². The van der Waals surface area contributed by atoms with Gasteiger partial charge in [-0.2, -0.15) is 5.01 Å². The lowest BCUT2D eigenvalue weighted by Gasteiger charge is -2.40. The lowest BCUT2D eigenvalue weighted by Crippen LogP contribution is -2.64. The van der Waals surface area contributed by atoms with E-state index in [1.165, 1.54) is 0 Å². The van der Waals surface area contributed by atoms with Crippen molar-refractivity contribution in [1.29, 1.82) is 0 Å². The number of nitrogens with zero attached hydrogens (tertiary/aromatic N) is 2. The molecule has 10 nitrogen and oxygen atoms in total. The summed E-state index contributed by atoms with van der Waals surface area (Å²) in [7, 11) is 1.07. The summed E-state index contributed by atoms with van der Waals surface area (Å²) in [5.41, 5.74) is 0. The number of nitroso groups, excluding NO2 is 1. The number of ether oxygens (including phenoxy) is 1. The first-order chi connectivity index (χ1) is 8.42. The Bertz CT molecular complexity index is 315. The van der Waals surface area contributed by atoms with Crippen molar-refractivity contribution in [2.45, 2.75) is 30.6 Å². The highest BCUT2D eigenvalue weighted by Crippen LogP contribution is 2.19. The average molecular weight is 265 g/mol. The molecule has 18 heavy (non-hydrogen) atoms. The quantitative estimate of drug-likeness (QED) is 0.271. The molecule has 2 amide bonds. The highest BCUT2D eigenvalue weighted by molar-refractivity contribution is 5.73. The van der Waals surface area contributed by atoms with Gasteiger partial charge in [-0.25, -0.2) is 4.79 Å². The van der Waals surface area contributed by atoms with Crippen LogP contribution >= 0.6 is 0 Å². The summed E-state index contributed by atoms with van der Waals surface area (Å²) < 4.78 is 4.80. The van der Waals surface area contributed by atoms with E-state index in [4.69, 9.17) is 9.84 Å². The van der Waals surface area contributed by atoms with Crippen LogP contribution < -0.4 is 5.32 Å². The largest absolute Gasteiger partial charge is 0.394 e. The number of rotatable bonds is 3. The van der Waals surface area contributed by atoms with Crippen LogP contribution in [0.1, 0.15) is 0 Å². The normalized spacial score (nSPS) is 35.9. The number of aliphatic hydroxyl groups is 4. The second kappa shape index (κ2) is 6.02. The Labute approximate surface area is 102 Å². The maximum atomic E-state index is 11.3. The number of carbonyl (C=O) groups excluding carboxylic acids is 1. The molecular weight excluding hydrogens is 250 g/mol. The third-order valence-corrected chi connectivity index (χ3v) is 2.61. The summed E-state index contributed by atoms with van der Waals surface area (Å²) in [4.78, 5) is 21.4. The summed E-state index contributed by atoms with van der Waals surface area (Å²) in [5.74, 6) is 0. The lowest BCUT2D eigenvalue weighted by atomic mass is 9.97. The monoisotopic (exact) mass is 265 g/mol. The Balaban J connectivity index is 2.71. The number of hydrogen-bond acceptors (Lipinski definition) is 8. The number of urea groups is 1. The van der Waals surface area contributed by atoms with Crippen molar-refractivity contribution < 1.29 is 30.0 Å². The molecule has 104 valence electrons. The second-order valence-electron chi connectivity index (χ2n) is 3.81. The van der Waals surface area contributed by atoms with E-state index in [-0.39, 0.29) is 0 Å². The number of aliphatic hydroxyl groups excluding tert-OH is 4. The topological polar surface area (TPSA) is 152 Å². The molecule has 1 heterocycles. The molecule has 0 saturated carbocycles. The lowest BCUT2D eigenvalue weighted by molar-refractivity contribution is -0.252. The van der Waals surface area contributed by atoms with Crippen LogP contribution in [0.15, 0.2) is 5.29 Å². The van der Waals surface area contributed by atoms with Gasteiger partial charge in [-0.05, 0) is 0 Å². The molecule has 1 unspecified atom stereocenters. The van der Waals surface area contributed by atoms with E-state index < -0.39 is 43.3 Å². The fraction of sp³-hybridized carbons (Fsp3) is 0.875. The van der Waals surface area contributed by atoms with E-state index in [0.29, 0.717) is 5.01 Å². The average Bonchev–Trinajstić information content (AvgIpc) is 2.37. The number of nitrogens with one attached hydrogen (secondary N) is 1. The van der Waals surface area contributed by atoms with Gasteiger partial charge in [0.15, 0.2) is 6.29 Å². The maximum absolute atomic E-state index is 11.3. The Morgan fingerprint density at radius 1 is 1.39 bits per heavy atom. The number of carbonyl (C=O) groups is 1. The number of amides is 2. The summed E-state index contributed by atoms with van der Waals surface area (Å²) >= 11 is 0. The third kappa shape index (κ3) is 2.91. The van der Waals surface area contributed by atoms with E-state index >= 15 is 0 Å². The zero-order chi connectivity index (χ0) is 13.9. The molecular formula is C8H15N3O7. The minimum absolute atomic E-state index is 0.407. The van der Waals surface area contributed by atoms with Crippen molar-refractivity contribution in [3.63, 3.8) is 0 Å². The molecule has 0 aromatic rings. The molecule has 5 N–H and O–H groups in total. The van der Waals surface area contributed by atoms with Crippen LogP contribution in [-0.2, 0) is 4.74 Å². The maximum Gasteiger partial charge on any atom is 0.340 e. The van der Waals surface area contributed by atoms with Gasteiger partial charge < -0.3 is 30.5 Å². The molecule has 1 saturated heterocycles. The first-order valence-electron chi connectivity index (χ1n) is 5.10. The second-order valence-corrected chi connectivity index (χ2v) is 3.81. The van der Waals surface area contributed by atoms with Crippen LogP contribution in [0.25, 0.3) is 0 Å². The summed E-state index contributed by atoms with van der Waals surface area (Å²) in [5, 5.41) is 42.4. The third-order valence-electron chi connectivity index (χ3n) is 2.61. The molecule has 0 aliphatic carbocycles. The van der Waals surface area contributed by atoms with E-state index in [2.05, 4.69) is 10.6 Å². The van der Waals surface area contributed by atoms with Crippen LogP contribution in [0.5, 0.6) is 0 Å². The van der Waals surface area contributed by atoms with Crippen molar-refractivity contribution in [1.82, 2.24) is 10.3 Å². The van der Waals surface area contributed by atoms with Gasteiger partial charge >= 0.3 is 6.03 Å². The summed E-state index contributed by atoms with van der Waals surface area (Å²) in [6, 6.07) is -2.33. The molecule has 0 bridgehead atoms. The van der Waals surface area contributed by atoms with Gasteiger partial charge in [0.2, 0.25) is 0 Å². The molecule has 0 radical (unpaired) electrons. The molecule has 0 aromatic carbocycles. The predicted molar refractivity (Wildman–Crippen MR) is 55.9 cm³/mol. The zero-order valence-electron chi connectivity index (χ0n) is 9.50. The van der Waals surface area contributed by atoms with E-state index in [1.54, 1.807) is 0 Å². The van der Waals surface area contributed by atoms with Crippen LogP contribution in [0.2, 0.25) is 0 Å². The van der Waals surface area contributed by atoms with Crippen LogP contribution in [0.4, 0.5) is 4.79 Å². The SMILES string of the molecule is CN(N=O)C(=O)NC1[C@H](O)O[C@H](CO)[C@@H](O)[C@@H]1O. The number of hydrogen-bond donors (Lipinski definition) is 5. The minimum atomic E-state index is -1.63. The van der Waals surface area contributed by atoms with E-state index in [0.717, 1.165) is 7.05 Å². The van der Waals surface area contributed by atoms with Crippen molar-refractivity contribution in [3.8, 4) is 0 Å². The standard InChI is InChI=1S/C8H15N3O7/c1-11(10-17)8(16)9-4-6(14)5(13)3(2-12)18-7(4)15/h3-7,12-15H,2H2,1H3,(H,9,16)/t3-,4?,5-,6-,7-/m1/s1. The zero-order valence-corrected chi connectivity index (χ0v) is 9.50. The molecule has 5 atom stereocenters. The van der Waals surface area contributed by atoms with Gasteiger partial charge in [0, 0.05) is 7.05 Å². The fourth-order valence-corrected chi connectivity index (χ4v) is 1.53. The minimum Gasteiger partial charge on any atom is -0.394 e. The highest BCUT2D eigenvalue weighted by atomic mass is 16.6. The summed E-state index contributed by atoms with van der Waals surface area (Å²) in [6.45, 7) is -0.605. The molecule has 0 aromatic heterocycles. The van der Waals surface area contributed by atoms with Gasteiger partial charge in [-0.1, -0.05) is 0 Å². The predicted octanol–water partition coefficient (Wildman–Crippen LogP) is -2.89. The van der Waals surface area contributed by atoms with Gasteiger partial charge in [-0.3, -0.25) is 0 Å². The van der Waals surface area contributed by atoms with Crippen LogP contribution in [0.3, 0.4) is 0 Å². The Kier molecular flexibility index (Phi) is 4.93. The van der Waals surface area contributed by atoms with Crippen molar-refractivity contribution in [2.75, 3.05) is 13.7 Å². The summed E-state index contributed by atoms with van der Waals surface area (Å²) in [6.07, 6.45) is -5.84. The first kappa shape index (κ1) is 14.7. The smallest absolute Gasteiger partial charge is 0.340 e. The van der Waals surface area contributed by atoms with Crippen molar-refractivity contribution in [2.24, 2.45) is 5.29 Å². The molecule has 1 aliphatic heterocycles.